The van der Waals surface area contributed by atoms with E-state index in [1.54, 1.807) is 4.90 Å². The fraction of sp³-hybridized carbons (Fsp3) is 0.579. The van der Waals surface area contributed by atoms with Gasteiger partial charge in [0.25, 0.3) is 0 Å². The third kappa shape index (κ3) is 3.85. The molecule has 1 atom stereocenters. The SMILES string of the molecule is COC(=O)[C@H]1C(=O)N2CCCN(C)CCCNCc3cccc(c31)C2. The lowest BCUT2D eigenvalue weighted by Crippen LogP contribution is -2.44. The van der Waals surface area contributed by atoms with Crippen LogP contribution in [-0.4, -0.2) is 62.0 Å². The molecular weight excluding hydrogens is 318 g/mol. The van der Waals surface area contributed by atoms with E-state index >= 15 is 0 Å². The molecule has 6 nitrogen and oxygen atoms in total. The number of amides is 1. The number of fused-ring (bicyclic) bond motifs is 9. The second-order valence-electron chi connectivity index (χ2n) is 6.89. The molecular formula is C19H27N3O3. The highest BCUT2D eigenvalue weighted by molar-refractivity contribution is 6.05. The zero-order valence-electron chi connectivity index (χ0n) is 15.1. The number of benzene rings is 1. The van der Waals surface area contributed by atoms with Crippen molar-refractivity contribution in [1.82, 2.24) is 15.1 Å². The summed E-state index contributed by atoms with van der Waals surface area (Å²) in [5.74, 6) is -1.44. The van der Waals surface area contributed by atoms with Crippen LogP contribution in [0.25, 0.3) is 0 Å². The summed E-state index contributed by atoms with van der Waals surface area (Å²) in [6, 6.07) is 6.03. The van der Waals surface area contributed by atoms with E-state index in [1.165, 1.54) is 7.11 Å². The van der Waals surface area contributed by atoms with E-state index in [1.807, 2.05) is 18.2 Å². The van der Waals surface area contributed by atoms with E-state index in [9.17, 15) is 9.59 Å². The van der Waals surface area contributed by atoms with Crippen LogP contribution in [0.2, 0.25) is 0 Å². The number of carbonyl (C=O) groups excluding carboxylic acids is 2. The smallest absolute Gasteiger partial charge is 0.322 e. The van der Waals surface area contributed by atoms with E-state index in [-0.39, 0.29) is 5.91 Å². The zero-order chi connectivity index (χ0) is 17.8. The first-order chi connectivity index (χ1) is 12.1. The molecule has 3 aliphatic rings. The molecule has 1 aromatic carbocycles. The van der Waals surface area contributed by atoms with Crippen LogP contribution in [0, 0.1) is 0 Å². The molecule has 0 fully saturated rings. The van der Waals surface area contributed by atoms with Crippen molar-refractivity contribution in [3.05, 3.63) is 34.9 Å². The fourth-order valence-electron chi connectivity index (χ4n) is 3.78. The minimum atomic E-state index is -0.840. The van der Waals surface area contributed by atoms with E-state index < -0.39 is 11.9 Å². The molecule has 1 N–H and O–H groups in total. The first-order valence-corrected chi connectivity index (χ1v) is 8.98. The first-order valence-electron chi connectivity index (χ1n) is 8.98. The molecule has 0 radical (unpaired) electrons. The Kier molecular flexibility index (Phi) is 5.71. The van der Waals surface area contributed by atoms with Crippen LogP contribution >= 0.6 is 0 Å². The summed E-state index contributed by atoms with van der Waals surface area (Å²) in [5.41, 5.74) is 2.92. The van der Waals surface area contributed by atoms with Crippen molar-refractivity contribution in [2.75, 3.05) is 40.3 Å². The molecule has 0 aromatic heterocycles. The van der Waals surface area contributed by atoms with Crippen molar-refractivity contribution < 1.29 is 14.3 Å². The minimum absolute atomic E-state index is 0.133. The monoisotopic (exact) mass is 345 g/mol. The lowest BCUT2D eigenvalue weighted by atomic mass is 9.85. The number of hydrogen-bond donors (Lipinski definition) is 1. The number of esters is 1. The molecule has 3 aliphatic heterocycles. The first kappa shape index (κ1) is 17.9. The molecule has 4 rings (SSSR count). The molecule has 25 heavy (non-hydrogen) atoms. The Morgan fingerprint density at radius 2 is 1.96 bits per heavy atom. The maximum Gasteiger partial charge on any atom is 0.322 e. The van der Waals surface area contributed by atoms with Gasteiger partial charge in [-0.2, -0.15) is 0 Å². The zero-order valence-corrected chi connectivity index (χ0v) is 15.1. The molecule has 0 spiro atoms. The Labute approximate surface area is 149 Å². The number of hydrogen-bond acceptors (Lipinski definition) is 5. The van der Waals surface area contributed by atoms with Crippen molar-refractivity contribution in [3.63, 3.8) is 0 Å². The maximum atomic E-state index is 13.0. The van der Waals surface area contributed by atoms with Gasteiger partial charge in [0.2, 0.25) is 5.91 Å². The summed E-state index contributed by atoms with van der Waals surface area (Å²) in [6.07, 6.45) is 1.98. The van der Waals surface area contributed by atoms with E-state index in [4.69, 9.17) is 4.74 Å². The molecule has 6 heteroatoms. The summed E-state index contributed by atoms with van der Waals surface area (Å²) in [5, 5.41) is 3.45. The molecule has 0 aliphatic carbocycles. The molecule has 0 saturated heterocycles. The maximum absolute atomic E-state index is 13.0. The van der Waals surface area contributed by atoms with Crippen LogP contribution in [0.4, 0.5) is 0 Å². The van der Waals surface area contributed by atoms with Crippen LogP contribution in [0.15, 0.2) is 18.2 Å². The molecule has 3 heterocycles. The number of ether oxygens (including phenoxy) is 1. The lowest BCUT2D eigenvalue weighted by molar-refractivity contribution is -0.150. The minimum Gasteiger partial charge on any atom is -0.468 e. The van der Waals surface area contributed by atoms with Gasteiger partial charge in [0.1, 0.15) is 0 Å². The van der Waals surface area contributed by atoms with Gasteiger partial charge in [0, 0.05) is 19.6 Å². The van der Waals surface area contributed by atoms with Crippen molar-refractivity contribution in [2.45, 2.75) is 31.8 Å². The standard InChI is InChI=1S/C19H27N3O3/c1-21-9-4-8-20-12-14-6-3-7-15-13-22(11-5-10-21)18(23)17(16(14)15)19(24)25-2/h3,6-7,17,20H,4-5,8-13H2,1-2H3/t17-/m1/s1. The van der Waals surface area contributed by atoms with E-state index in [0.717, 1.165) is 49.2 Å². The van der Waals surface area contributed by atoms with Crippen LogP contribution in [-0.2, 0) is 27.4 Å². The quantitative estimate of drug-likeness (QED) is 0.610. The Morgan fingerprint density at radius 1 is 1.20 bits per heavy atom. The van der Waals surface area contributed by atoms with Crippen molar-refractivity contribution in [3.8, 4) is 0 Å². The molecule has 4 bridgehead atoms. The molecule has 0 saturated carbocycles. The average molecular weight is 345 g/mol. The Hall–Kier alpha value is -1.92. The number of rotatable bonds is 1. The van der Waals surface area contributed by atoms with Gasteiger partial charge < -0.3 is 19.9 Å². The Balaban J connectivity index is 1.98. The van der Waals surface area contributed by atoms with Crippen LogP contribution in [0.5, 0.6) is 0 Å². The summed E-state index contributed by atoms with van der Waals surface area (Å²) < 4.78 is 4.96. The largest absolute Gasteiger partial charge is 0.468 e. The molecule has 136 valence electrons. The van der Waals surface area contributed by atoms with Crippen molar-refractivity contribution >= 4 is 11.9 Å². The van der Waals surface area contributed by atoms with Crippen LogP contribution < -0.4 is 5.32 Å². The summed E-state index contributed by atoms with van der Waals surface area (Å²) in [7, 11) is 3.46. The predicted molar refractivity (Wildman–Crippen MR) is 95.1 cm³/mol. The van der Waals surface area contributed by atoms with Crippen LogP contribution in [0.1, 0.15) is 35.4 Å². The van der Waals surface area contributed by atoms with Gasteiger partial charge in [-0.15, -0.1) is 0 Å². The summed E-state index contributed by atoms with van der Waals surface area (Å²) in [4.78, 5) is 29.5. The van der Waals surface area contributed by atoms with Crippen LogP contribution in [0.3, 0.4) is 0 Å². The van der Waals surface area contributed by atoms with Crippen molar-refractivity contribution in [1.29, 1.82) is 0 Å². The van der Waals surface area contributed by atoms with E-state index in [0.29, 0.717) is 19.6 Å². The van der Waals surface area contributed by atoms with Gasteiger partial charge in [0.05, 0.1) is 7.11 Å². The average Bonchev–Trinajstić information content (AvgIpc) is 2.61. The van der Waals surface area contributed by atoms with E-state index in [2.05, 4.69) is 17.3 Å². The highest BCUT2D eigenvalue weighted by Gasteiger charge is 2.40. The summed E-state index contributed by atoms with van der Waals surface area (Å²) >= 11 is 0. The second kappa shape index (κ2) is 7.97. The number of methoxy groups -OCH3 is 1. The highest BCUT2D eigenvalue weighted by Crippen LogP contribution is 2.33. The molecule has 1 amide bonds. The second-order valence-corrected chi connectivity index (χ2v) is 6.89. The van der Waals surface area contributed by atoms with Gasteiger partial charge >= 0.3 is 5.97 Å². The number of carbonyl (C=O) groups is 2. The summed E-state index contributed by atoms with van der Waals surface area (Å²) in [6.45, 7) is 4.79. The Morgan fingerprint density at radius 3 is 2.76 bits per heavy atom. The number of nitrogens with one attached hydrogen (secondary N) is 1. The van der Waals surface area contributed by atoms with Gasteiger partial charge in [-0.25, -0.2) is 0 Å². The van der Waals surface area contributed by atoms with Gasteiger partial charge in [-0.05, 0) is 56.2 Å². The third-order valence-electron chi connectivity index (χ3n) is 5.11. The van der Waals surface area contributed by atoms with Gasteiger partial charge in [-0.3, -0.25) is 9.59 Å². The van der Waals surface area contributed by atoms with Crippen molar-refractivity contribution in [2.24, 2.45) is 0 Å². The Bertz CT molecular complexity index is 633. The number of nitrogens with zero attached hydrogens (tertiary/aromatic N) is 2. The predicted octanol–water partition coefficient (Wildman–Crippen LogP) is 1.10. The molecule has 0 unspecified atom stereocenters. The molecule has 1 aromatic rings. The fourth-order valence-corrected chi connectivity index (χ4v) is 3.78. The van der Waals surface area contributed by atoms with Gasteiger partial charge in [0.15, 0.2) is 5.92 Å². The third-order valence-corrected chi connectivity index (χ3v) is 5.11. The lowest BCUT2D eigenvalue weighted by Gasteiger charge is -2.35. The highest BCUT2D eigenvalue weighted by atomic mass is 16.5. The van der Waals surface area contributed by atoms with Gasteiger partial charge in [-0.1, -0.05) is 18.2 Å². The normalized spacial score (nSPS) is 22.6. The topological polar surface area (TPSA) is 61.9 Å².